The van der Waals surface area contributed by atoms with Crippen LogP contribution in [0.4, 0.5) is 0 Å². The SMILES string of the molecule is CC(=O)CN=C(N)NCCCC(N)C(=O)O.NC(CCCNC1=NCC(=O)N1)C(=O)O.NC1=NC(O)C(O)N1CCCC(N)C(=O)O.NC1=NCC(=O)N1CCCC(N)C(=O)O. The molecule has 62 heavy (non-hydrogen) atoms. The second-order valence-corrected chi connectivity index (χ2v) is 13.5. The van der Waals surface area contributed by atoms with E-state index < -0.39 is 60.5 Å². The van der Waals surface area contributed by atoms with Gasteiger partial charge in [0.1, 0.15) is 43.8 Å². The highest BCUT2D eigenvalue weighted by atomic mass is 16.4. The van der Waals surface area contributed by atoms with E-state index in [1.807, 2.05) is 0 Å². The summed E-state index contributed by atoms with van der Waals surface area (Å²) in [6.07, 6.45) is 1.05. The van der Waals surface area contributed by atoms with Crippen LogP contribution in [0.15, 0.2) is 20.0 Å². The summed E-state index contributed by atoms with van der Waals surface area (Å²) in [6.45, 7) is 3.39. The van der Waals surface area contributed by atoms with Gasteiger partial charge in [0.25, 0.3) is 5.91 Å². The first kappa shape index (κ1) is 55.7. The molecule has 0 fully saturated rings. The first-order valence-electron chi connectivity index (χ1n) is 19.1. The van der Waals surface area contributed by atoms with Gasteiger partial charge in [0.2, 0.25) is 5.91 Å². The molecule has 3 aliphatic heterocycles. The van der Waals surface area contributed by atoms with Crippen molar-refractivity contribution in [3.8, 4) is 0 Å². The van der Waals surface area contributed by atoms with Gasteiger partial charge in [0.05, 0.1) is 0 Å². The number of ketones is 1. The van der Waals surface area contributed by atoms with Crippen molar-refractivity contribution in [3.63, 3.8) is 0 Å². The Kier molecular flexibility index (Phi) is 26.8. The lowest BCUT2D eigenvalue weighted by molar-refractivity contribution is -0.139. The van der Waals surface area contributed by atoms with Crippen LogP contribution in [0.25, 0.3) is 0 Å². The van der Waals surface area contributed by atoms with Gasteiger partial charge < -0.3 is 86.3 Å². The maximum Gasteiger partial charge on any atom is 0.320 e. The number of rotatable bonds is 22. The third-order valence-corrected chi connectivity index (χ3v) is 8.27. The molecule has 3 aliphatic rings. The van der Waals surface area contributed by atoms with Crippen molar-refractivity contribution in [2.75, 3.05) is 45.8 Å². The van der Waals surface area contributed by atoms with Gasteiger partial charge in [-0.2, -0.15) is 0 Å². The Morgan fingerprint density at radius 2 is 1.24 bits per heavy atom. The fraction of sp³-hybridized carbons (Fsp3) is 0.667. The Balaban J connectivity index is 0.000000800. The quantitative estimate of drug-likeness (QED) is 0.0273. The second kappa shape index (κ2) is 29.9. The predicted octanol–water partition coefficient (Wildman–Crippen LogP) is -7.29. The molecule has 29 nitrogen and oxygen atoms in total. The number of aliphatic hydroxyl groups excluding tert-OH is 2. The number of amides is 2. The molecule has 0 aliphatic carbocycles. The lowest BCUT2D eigenvalue weighted by atomic mass is 10.1. The van der Waals surface area contributed by atoms with Gasteiger partial charge in [0.15, 0.2) is 42.1 Å². The molecule has 23 N–H and O–H groups in total. The maximum absolute atomic E-state index is 11.2. The van der Waals surface area contributed by atoms with Crippen LogP contribution >= 0.6 is 0 Å². The minimum Gasteiger partial charge on any atom is -0.480 e. The molecule has 0 saturated heterocycles. The fourth-order valence-corrected chi connectivity index (χ4v) is 4.73. The van der Waals surface area contributed by atoms with E-state index in [4.69, 9.17) is 65.7 Å². The Morgan fingerprint density at radius 1 is 0.758 bits per heavy atom. The van der Waals surface area contributed by atoms with Crippen LogP contribution in [0.1, 0.15) is 58.3 Å². The topological polar surface area (TPSA) is 515 Å². The van der Waals surface area contributed by atoms with Gasteiger partial charge in [-0.3, -0.25) is 43.8 Å². The molecular weight excluding hydrogens is 828 g/mol. The van der Waals surface area contributed by atoms with Gasteiger partial charge >= 0.3 is 23.9 Å². The Bertz CT molecular complexity index is 1630. The molecule has 0 saturated carbocycles. The Morgan fingerprint density at radius 3 is 1.65 bits per heavy atom. The molecule has 2 amide bonds. The molecule has 6 atom stereocenters. The lowest BCUT2D eigenvalue weighted by Gasteiger charge is -2.23. The van der Waals surface area contributed by atoms with Crippen molar-refractivity contribution in [1.82, 2.24) is 25.8 Å². The van der Waals surface area contributed by atoms with E-state index in [2.05, 4.69) is 35.9 Å². The molecule has 0 spiro atoms. The summed E-state index contributed by atoms with van der Waals surface area (Å²) in [5.74, 6) is -3.61. The number of carboxylic acid groups (broad SMARTS) is 4. The molecule has 0 radical (unpaired) electrons. The van der Waals surface area contributed by atoms with Crippen LogP contribution in [0.5, 0.6) is 0 Å². The number of guanidine groups is 4. The second-order valence-electron chi connectivity index (χ2n) is 13.5. The van der Waals surface area contributed by atoms with E-state index >= 15 is 0 Å². The number of aliphatic imine (C=N–C) groups is 4. The molecule has 3 heterocycles. The Labute approximate surface area is 355 Å². The number of aliphatic hydroxyl groups is 2. The largest absolute Gasteiger partial charge is 0.480 e. The number of nitrogens with one attached hydrogen (secondary N) is 3. The number of aliphatic carboxylic acids is 4. The maximum atomic E-state index is 11.2. The highest BCUT2D eigenvalue weighted by Crippen LogP contribution is 2.12. The van der Waals surface area contributed by atoms with Crippen LogP contribution in [0.2, 0.25) is 0 Å². The molecular formula is C33H62N16O13. The van der Waals surface area contributed by atoms with Crippen LogP contribution in [0.3, 0.4) is 0 Å². The number of carbonyl (C=O) groups is 7. The van der Waals surface area contributed by atoms with E-state index in [0.717, 1.165) is 0 Å². The number of nitrogens with two attached hydrogens (primary N) is 7. The van der Waals surface area contributed by atoms with E-state index in [-0.39, 0.29) is 61.5 Å². The number of hydrogen-bond donors (Lipinski definition) is 16. The normalized spacial score (nSPS) is 18.7. The molecule has 0 aromatic rings. The van der Waals surface area contributed by atoms with E-state index in [1.165, 1.54) is 16.7 Å². The van der Waals surface area contributed by atoms with Gasteiger partial charge in [-0.25, -0.2) is 20.0 Å². The summed E-state index contributed by atoms with van der Waals surface area (Å²) in [6, 6.07) is -3.49. The first-order valence-corrected chi connectivity index (χ1v) is 19.1. The van der Waals surface area contributed by atoms with Crippen LogP contribution in [-0.2, 0) is 33.6 Å². The van der Waals surface area contributed by atoms with Gasteiger partial charge in [0, 0.05) is 26.2 Å². The molecule has 0 aromatic carbocycles. The van der Waals surface area contributed by atoms with E-state index in [9.17, 15) is 38.7 Å². The van der Waals surface area contributed by atoms with Crippen LogP contribution < -0.4 is 56.1 Å². The number of carbonyl (C=O) groups excluding carboxylic acids is 3. The first-order chi connectivity index (χ1) is 29.0. The average Bonchev–Trinajstić information content (AvgIpc) is 3.85. The highest BCUT2D eigenvalue weighted by molar-refractivity contribution is 6.03. The summed E-state index contributed by atoms with van der Waals surface area (Å²) in [5, 5.41) is 60.8. The summed E-state index contributed by atoms with van der Waals surface area (Å²) in [4.78, 5) is 91.6. The van der Waals surface area contributed by atoms with Crippen molar-refractivity contribution in [2.45, 2.75) is 94.9 Å². The van der Waals surface area contributed by atoms with Crippen molar-refractivity contribution in [2.24, 2.45) is 60.1 Å². The molecule has 352 valence electrons. The third-order valence-electron chi connectivity index (χ3n) is 8.27. The number of Topliss-reactive ketones (excluding diaryl/α,β-unsaturated/α-hetero) is 1. The predicted molar refractivity (Wildman–Crippen MR) is 222 cm³/mol. The molecule has 0 aromatic heterocycles. The van der Waals surface area contributed by atoms with Gasteiger partial charge in [-0.15, -0.1) is 0 Å². The van der Waals surface area contributed by atoms with E-state index in [0.29, 0.717) is 77.1 Å². The monoisotopic (exact) mass is 890 g/mol. The van der Waals surface area contributed by atoms with Crippen molar-refractivity contribution < 1.29 is 64.2 Å². The number of carboxylic acids is 4. The molecule has 29 heteroatoms. The van der Waals surface area contributed by atoms with E-state index in [1.54, 1.807) is 0 Å². The van der Waals surface area contributed by atoms with Crippen molar-refractivity contribution in [3.05, 3.63) is 0 Å². The summed E-state index contributed by atoms with van der Waals surface area (Å²) < 4.78 is 0. The van der Waals surface area contributed by atoms with Crippen LogP contribution in [-0.4, -0.2) is 188 Å². The zero-order chi connectivity index (χ0) is 47.5. The lowest BCUT2D eigenvalue weighted by Crippen LogP contribution is -2.43. The number of hydrogen-bond acceptors (Lipinski definition) is 21. The zero-order valence-electron chi connectivity index (χ0n) is 34.3. The fourth-order valence-electron chi connectivity index (χ4n) is 4.73. The summed E-state index contributed by atoms with van der Waals surface area (Å²) in [7, 11) is 0. The molecule has 3 rings (SSSR count). The third kappa shape index (κ3) is 24.1. The van der Waals surface area contributed by atoms with Crippen molar-refractivity contribution >= 4 is 65.3 Å². The van der Waals surface area contributed by atoms with Crippen LogP contribution in [0, 0.1) is 0 Å². The highest BCUT2D eigenvalue weighted by Gasteiger charge is 2.31. The average molecular weight is 891 g/mol. The van der Waals surface area contributed by atoms with Crippen molar-refractivity contribution in [1.29, 1.82) is 0 Å². The van der Waals surface area contributed by atoms with Gasteiger partial charge in [-0.05, 0) is 58.3 Å². The molecule has 0 bridgehead atoms. The number of nitrogens with zero attached hydrogens (tertiary/aromatic N) is 6. The standard InChI is InChI=1S/C9H18N4O3.C8H16N4O4.2C8H14N4O3/c1-6(14)5-13-9(11)12-4-2-3-7(10)8(15)16;9-4(7(15)16)2-1-3-12-6(14)5(13)11-8(12)10;9-5(7(14)15)2-1-3-12-6(13)4-11-8(12)10;9-5(7(14)15)2-1-3-10-8-11-4-6(13)12-8/h7H,2-5,10H2,1H3,(H,15,16)(H3,11,12,13);4-6,13-14H,1-3,9H2,(H2,10,11)(H,15,16);5H,1-4,9H2,(H2,10,11)(H,14,15);5H,1-4,9H2,(H,14,15)(H2,10,11,12,13). The molecule has 6 unspecified atom stereocenters. The van der Waals surface area contributed by atoms with Gasteiger partial charge in [-0.1, -0.05) is 0 Å². The minimum absolute atomic E-state index is 0.0453. The Hall–Kier alpha value is -6.27. The minimum atomic E-state index is -1.24. The summed E-state index contributed by atoms with van der Waals surface area (Å²) in [5.41, 5.74) is 37.6. The zero-order valence-corrected chi connectivity index (χ0v) is 34.3. The summed E-state index contributed by atoms with van der Waals surface area (Å²) >= 11 is 0. The smallest absolute Gasteiger partial charge is 0.320 e.